The van der Waals surface area contributed by atoms with Crippen molar-refractivity contribution in [3.05, 3.63) is 35.9 Å². The summed E-state index contributed by atoms with van der Waals surface area (Å²) in [6.07, 6.45) is 1.28. The molecule has 1 aliphatic heterocycles. The molecular weight excluding hydrogens is 230 g/mol. The van der Waals surface area contributed by atoms with Gasteiger partial charge >= 0.3 is 0 Å². The average Bonchev–Trinajstić information content (AvgIpc) is 2.40. The summed E-state index contributed by atoms with van der Waals surface area (Å²) in [6, 6.07) is 8.11. The normalized spacial score (nSPS) is 20.4. The van der Waals surface area contributed by atoms with Gasteiger partial charge in [-0.2, -0.15) is 0 Å². The quantitative estimate of drug-likeness (QED) is 0.800. The van der Waals surface area contributed by atoms with Crippen molar-refractivity contribution >= 4 is 5.97 Å². The molecule has 1 aliphatic rings. The lowest BCUT2D eigenvalue weighted by Crippen LogP contribution is -2.29. The molecular formula is C14H20NO3-. The van der Waals surface area contributed by atoms with Gasteiger partial charge in [0.2, 0.25) is 0 Å². The molecule has 0 amide bonds. The number of benzene rings is 1. The molecule has 1 aromatic rings. The number of hydrogen-bond acceptors (Lipinski definition) is 4. The number of aliphatic carboxylic acids is 1. The van der Waals surface area contributed by atoms with E-state index in [0.29, 0.717) is 5.56 Å². The molecule has 0 radical (unpaired) electrons. The fraction of sp³-hybridized carbons (Fsp3) is 0.500. The van der Waals surface area contributed by atoms with Crippen LogP contribution >= 0.6 is 0 Å². The number of carboxylic acids is 1. The number of piperidine rings is 1. The Bertz CT molecular complexity index is 347. The summed E-state index contributed by atoms with van der Waals surface area (Å²) < 4.78 is 0. The Hall–Kier alpha value is -1.39. The molecule has 1 aromatic carbocycles. The van der Waals surface area contributed by atoms with Gasteiger partial charge in [-0.25, -0.2) is 0 Å². The van der Waals surface area contributed by atoms with Crippen molar-refractivity contribution in [2.45, 2.75) is 25.9 Å². The van der Waals surface area contributed by atoms with Crippen molar-refractivity contribution in [2.24, 2.45) is 5.92 Å². The van der Waals surface area contributed by atoms with E-state index in [0.717, 1.165) is 5.92 Å². The first-order chi connectivity index (χ1) is 8.61. The van der Waals surface area contributed by atoms with Crippen molar-refractivity contribution < 1.29 is 15.0 Å². The van der Waals surface area contributed by atoms with Crippen LogP contribution in [0.5, 0.6) is 0 Å². The number of carbonyl (C=O) groups excluding carboxylic acids is 1. The Balaban J connectivity index is 0.000000199. The fourth-order valence-corrected chi connectivity index (χ4v) is 1.80. The molecule has 4 nitrogen and oxygen atoms in total. The first-order valence-electron chi connectivity index (χ1n) is 6.26. The highest BCUT2D eigenvalue weighted by Gasteiger charge is 2.06. The Morgan fingerprint density at radius 2 is 2.11 bits per heavy atom. The minimum absolute atomic E-state index is 0.340. The molecule has 4 heteroatoms. The van der Waals surface area contributed by atoms with E-state index in [9.17, 15) is 9.90 Å². The van der Waals surface area contributed by atoms with E-state index in [2.05, 4.69) is 12.2 Å². The molecule has 0 bridgehead atoms. The largest absolute Gasteiger partial charge is 0.547 e. The van der Waals surface area contributed by atoms with Crippen LogP contribution < -0.4 is 10.4 Å². The highest BCUT2D eigenvalue weighted by molar-refractivity contribution is 5.71. The molecule has 1 saturated heterocycles. The Kier molecular flexibility index (Phi) is 6.39. The highest BCUT2D eigenvalue weighted by atomic mass is 16.4. The van der Waals surface area contributed by atoms with Gasteiger partial charge in [0.05, 0.1) is 5.97 Å². The predicted octanol–water partition coefficient (Wildman–Crippen LogP) is 0.476. The summed E-state index contributed by atoms with van der Waals surface area (Å²) >= 11 is 0. The third-order valence-electron chi connectivity index (χ3n) is 2.88. The van der Waals surface area contributed by atoms with E-state index in [4.69, 9.17) is 5.11 Å². The van der Waals surface area contributed by atoms with E-state index in [1.807, 2.05) is 0 Å². The van der Waals surface area contributed by atoms with Crippen molar-refractivity contribution in [2.75, 3.05) is 13.1 Å². The molecule has 0 aliphatic carbocycles. The van der Waals surface area contributed by atoms with Crippen molar-refractivity contribution in [1.82, 2.24) is 5.32 Å². The zero-order valence-corrected chi connectivity index (χ0v) is 10.6. The third kappa shape index (κ3) is 5.29. The predicted molar refractivity (Wildman–Crippen MR) is 67.7 cm³/mol. The number of carboxylic acid groups (broad SMARTS) is 1. The van der Waals surface area contributed by atoms with Crippen LogP contribution in [0, 0.1) is 5.92 Å². The molecule has 100 valence electrons. The monoisotopic (exact) mass is 250 g/mol. The van der Waals surface area contributed by atoms with E-state index in [-0.39, 0.29) is 0 Å². The second kappa shape index (κ2) is 7.84. The zero-order valence-electron chi connectivity index (χ0n) is 10.6. The number of carbonyl (C=O) groups is 1. The van der Waals surface area contributed by atoms with Gasteiger partial charge in [-0.15, -0.1) is 0 Å². The zero-order chi connectivity index (χ0) is 13.4. The van der Waals surface area contributed by atoms with E-state index >= 15 is 0 Å². The van der Waals surface area contributed by atoms with Crippen molar-refractivity contribution in [1.29, 1.82) is 0 Å². The van der Waals surface area contributed by atoms with Gasteiger partial charge in [-0.1, -0.05) is 37.3 Å². The van der Waals surface area contributed by atoms with E-state index < -0.39 is 12.1 Å². The lowest BCUT2D eigenvalue weighted by molar-refractivity contribution is -0.315. The maximum absolute atomic E-state index is 10.1. The summed E-state index contributed by atoms with van der Waals surface area (Å²) in [4.78, 5) is 10.1. The molecule has 2 N–H and O–H groups in total. The van der Waals surface area contributed by atoms with E-state index in [1.165, 1.54) is 38.1 Å². The number of hydrogen-bond donors (Lipinski definition) is 2. The number of nitrogens with one attached hydrogen (secondary N) is 1. The van der Waals surface area contributed by atoms with Crippen LogP contribution in [-0.2, 0) is 4.79 Å². The van der Waals surface area contributed by atoms with Crippen LogP contribution in [0.15, 0.2) is 30.3 Å². The van der Waals surface area contributed by atoms with Gasteiger partial charge in [-0.3, -0.25) is 0 Å². The molecule has 0 aromatic heterocycles. The molecule has 1 fully saturated rings. The summed E-state index contributed by atoms with van der Waals surface area (Å²) in [7, 11) is 0. The summed E-state index contributed by atoms with van der Waals surface area (Å²) in [6.45, 7) is 4.77. The first kappa shape index (κ1) is 14.7. The van der Waals surface area contributed by atoms with Crippen LogP contribution in [0.1, 0.15) is 31.4 Å². The molecule has 0 unspecified atom stereocenters. The van der Waals surface area contributed by atoms with Gasteiger partial charge in [0.25, 0.3) is 0 Å². The average molecular weight is 250 g/mol. The Morgan fingerprint density at radius 3 is 2.50 bits per heavy atom. The summed E-state index contributed by atoms with van der Waals surface area (Å²) in [5.74, 6) is -0.551. The third-order valence-corrected chi connectivity index (χ3v) is 2.88. The minimum Gasteiger partial charge on any atom is -0.547 e. The number of aliphatic hydroxyl groups excluding tert-OH is 1. The lowest BCUT2D eigenvalue weighted by Gasteiger charge is -2.17. The molecule has 2 rings (SSSR count). The van der Waals surface area contributed by atoms with Gasteiger partial charge in [-0.05, 0) is 37.4 Å². The summed E-state index contributed by atoms with van der Waals surface area (Å²) in [5, 5.41) is 22.4. The van der Waals surface area contributed by atoms with Crippen molar-refractivity contribution in [3.63, 3.8) is 0 Å². The Morgan fingerprint density at radius 1 is 1.44 bits per heavy atom. The summed E-state index contributed by atoms with van der Waals surface area (Å²) in [5.41, 5.74) is 0.340. The molecule has 2 atom stereocenters. The van der Waals surface area contributed by atoms with Crippen LogP contribution in [0.4, 0.5) is 0 Å². The molecule has 0 spiro atoms. The van der Waals surface area contributed by atoms with Crippen LogP contribution in [0.25, 0.3) is 0 Å². The van der Waals surface area contributed by atoms with Gasteiger partial charge in [0.1, 0.15) is 6.10 Å². The van der Waals surface area contributed by atoms with Gasteiger partial charge in [0.15, 0.2) is 0 Å². The molecule has 1 heterocycles. The van der Waals surface area contributed by atoms with Crippen molar-refractivity contribution in [3.8, 4) is 0 Å². The lowest BCUT2D eigenvalue weighted by atomic mass is 10.0. The van der Waals surface area contributed by atoms with Gasteiger partial charge in [0, 0.05) is 0 Å². The van der Waals surface area contributed by atoms with Crippen LogP contribution in [-0.4, -0.2) is 24.2 Å². The van der Waals surface area contributed by atoms with Crippen LogP contribution in [0.2, 0.25) is 0 Å². The minimum atomic E-state index is -1.52. The maximum Gasteiger partial charge on any atom is 0.118 e. The van der Waals surface area contributed by atoms with Gasteiger partial charge < -0.3 is 20.3 Å². The SMILES string of the molecule is C[C@H]1CCCNC1.O=C([O-])[C@H](O)c1ccccc1. The topological polar surface area (TPSA) is 72.4 Å². The second-order valence-electron chi connectivity index (χ2n) is 4.58. The number of aliphatic hydroxyl groups is 1. The van der Waals surface area contributed by atoms with E-state index in [1.54, 1.807) is 18.2 Å². The molecule has 18 heavy (non-hydrogen) atoms. The Labute approximate surface area is 108 Å². The highest BCUT2D eigenvalue weighted by Crippen LogP contribution is 2.09. The second-order valence-corrected chi connectivity index (χ2v) is 4.58. The van der Waals surface area contributed by atoms with Crippen LogP contribution in [0.3, 0.4) is 0 Å². The smallest absolute Gasteiger partial charge is 0.118 e. The standard InChI is InChI=1S/C8H8O3.C6H13N/c9-7(8(10)11)6-4-2-1-3-5-6;1-6-3-2-4-7-5-6/h1-5,7,9H,(H,10,11);6-7H,2-5H2,1H3/p-1/t7-;6-/m10/s1. The maximum atomic E-state index is 10.1. The number of rotatable bonds is 2. The first-order valence-corrected chi connectivity index (χ1v) is 6.26. The molecule has 0 saturated carbocycles. The fourth-order valence-electron chi connectivity index (χ4n) is 1.80.